The summed E-state index contributed by atoms with van der Waals surface area (Å²) >= 11 is 0. The maximum absolute atomic E-state index is 14.5. The lowest BCUT2D eigenvalue weighted by Gasteiger charge is -2.31. The summed E-state index contributed by atoms with van der Waals surface area (Å²) in [5, 5.41) is 11.5. The molecule has 0 amide bonds. The number of aromatic nitrogens is 4. The second-order valence-electron chi connectivity index (χ2n) is 9.93. The van der Waals surface area contributed by atoms with Gasteiger partial charge in [0.2, 0.25) is 13.6 Å². The van der Waals surface area contributed by atoms with Crippen LogP contribution < -0.4 is 5.73 Å². The summed E-state index contributed by atoms with van der Waals surface area (Å²) in [5.41, 5.74) is 2.68. The highest BCUT2D eigenvalue weighted by molar-refractivity contribution is 7.48. The second kappa shape index (κ2) is 11.6. The van der Waals surface area contributed by atoms with Crippen LogP contribution in [-0.2, 0) is 41.8 Å². The molecule has 3 N–H and O–H groups in total. The van der Waals surface area contributed by atoms with Crippen LogP contribution in [0.2, 0.25) is 0 Å². The summed E-state index contributed by atoms with van der Waals surface area (Å²) in [6.45, 7) is 4.54. The molecular weight excluding hydrogens is 576 g/mol. The van der Waals surface area contributed by atoms with E-state index in [0.717, 1.165) is 0 Å². The van der Waals surface area contributed by atoms with Crippen LogP contribution >= 0.6 is 7.82 Å². The largest absolute Gasteiger partial charge is 0.510 e. The van der Waals surface area contributed by atoms with E-state index in [1.165, 1.54) is 24.1 Å². The van der Waals surface area contributed by atoms with Crippen LogP contribution in [0.25, 0.3) is 11.2 Å². The van der Waals surface area contributed by atoms with Crippen molar-refractivity contribution in [1.82, 2.24) is 19.5 Å². The van der Waals surface area contributed by atoms with Gasteiger partial charge in [0, 0.05) is 0 Å². The number of fused-ring (bicyclic) bond motifs is 2. The number of hydrogen-bond acceptors (Lipinski definition) is 16. The molecule has 2 aromatic rings. The molecule has 1 saturated carbocycles. The Bertz CT molecular complexity index is 1290. The molecule has 2 aliphatic rings. The van der Waals surface area contributed by atoms with Crippen LogP contribution in [0.5, 0.6) is 0 Å². The number of nitrogen functional groups attached to an aromatic ring is 1. The Morgan fingerprint density at radius 2 is 1.71 bits per heavy atom. The molecule has 5 unspecified atom stereocenters. The fourth-order valence-corrected chi connectivity index (χ4v) is 5.63. The number of alkyl halides is 1. The number of phosphoric acid groups is 1. The summed E-state index contributed by atoms with van der Waals surface area (Å²) in [6, 6.07) is 0. The summed E-state index contributed by atoms with van der Waals surface area (Å²) in [4.78, 5) is 35.5. The lowest BCUT2D eigenvalue weighted by atomic mass is 9.98. The van der Waals surface area contributed by atoms with Gasteiger partial charge in [-0.2, -0.15) is 0 Å². The summed E-state index contributed by atoms with van der Waals surface area (Å²) in [7, 11) is -4.77. The van der Waals surface area contributed by atoms with E-state index in [1.54, 1.807) is 27.7 Å². The van der Waals surface area contributed by atoms with E-state index < -0.39 is 82.1 Å². The van der Waals surface area contributed by atoms with Crippen molar-refractivity contribution >= 4 is 37.1 Å². The number of rotatable bonds is 12. The van der Waals surface area contributed by atoms with E-state index in [9.17, 15) is 23.7 Å². The van der Waals surface area contributed by atoms with Crippen LogP contribution in [0.3, 0.4) is 0 Å². The van der Waals surface area contributed by atoms with Crippen molar-refractivity contribution < 1.29 is 60.9 Å². The number of halogens is 1. The predicted molar refractivity (Wildman–Crippen MR) is 132 cm³/mol. The first-order chi connectivity index (χ1) is 19.2. The Kier molecular flexibility index (Phi) is 8.73. The SMILES string of the molecule is CC(C)OC(=O)OCOP(=O)(OCOC(=O)OC(C)C)OC1C2C(C)(O)C(n3cnc4c(N)ncnc43)OC12CF. The van der Waals surface area contributed by atoms with Crippen LogP contribution in [-0.4, -0.2) is 86.7 Å². The number of ether oxygens (including phenoxy) is 5. The van der Waals surface area contributed by atoms with E-state index in [1.807, 2.05) is 0 Å². The maximum Gasteiger partial charge on any atom is 0.510 e. The molecule has 1 aliphatic heterocycles. The summed E-state index contributed by atoms with van der Waals surface area (Å²) in [5.74, 6) is -1.01. The Balaban J connectivity index is 1.49. The summed E-state index contributed by atoms with van der Waals surface area (Å²) in [6.07, 6.45) is -3.38. The van der Waals surface area contributed by atoms with Gasteiger partial charge in [0.15, 0.2) is 17.7 Å². The average molecular weight is 607 g/mol. The van der Waals surface area contributed by atoms with Gasteiger partial charge < -0.3 is 34.5 Å². The number of nitrogens with zero attached hydrogens (tertiary/aromatic N) is 4. The van der Waals surface area contributed by atoms with Gasteiger partial charge in [-0.05, 0) is 34.6 Å². The third kappa shape index (κ3) is 6.22. The van der Waals surface area contributed by atoms with Crippen molar-refractivity contribution in [2.45, 2.75) is 70.4 Å². The molecule has 0 aromatic carbocycles. The highest BCUT2D eigenvalue weighted by Gasteiger charge is 2.82. The number of nitrogens with two attached hydrogens (primary N) is 1. The Labute approximate surface area is 232 Å². The highest BCUT2D eigenvalue weighted by Crippen LogP contribution is 2.69. The molecule has 0 spiro atoms. The Morgan fingerprint density at radius 3 is 2.22 bits per heavy atom. The lowest BCUT2D eigenvalue weighted by Crippen LogP contribution is -2.39. The quantitative estimate of drug-likeness (QED) is 0.201. The van der Waals surface area contributed by atoms with Gasteiger partial charge in [0.05, 0.1) is 24.5 Å². The molecule has 17 nitrogen and oxygen atoms in total. The van der Waals surface area contributed by atoms with Gasteiger partial charge >= 0.3 is 20.1 Å². The van der Waals surface area contributed by atoms with Crippen molar-refractivity contribution in [3.63, 3.8) is 0 Å². The Morgan fingerprint density at radius 1 is 1.12 bits per heavy atom. The molecule has 5 atom stereocenters. The zero-order valence-corrected chi connectivity index (χ0v) is 23.7. The fraction of sp³-hybridized carbons (Fsp3) is 0.682. The molecular formula is C22H31FN5O12P. The van der Waals surface area contributed by atoms with Gasteiger partial charge in [-0.1, -0.05) is 0 Å². The minimum absolute atomic E-state index is 0.0900. The minimum Gasteiger partial charge on any atom is -0.432 e. The molecule has 228 valence electrons. The normalized spacial score (nSPS) is 27.2. The Hall–Kier alpha value is -3.15. The molecule has 1 saturated heterocycles. The standard InChI is InChI=1S/C22H31FN5O12P/c1-11(2)37-19(29)33-9-35-41(32,36-10-34-20(30)38-12(3)4)40-15-14-21(5,31)18(39-22(14,15)6-23)28-8-27-13-16(24)25-7-26-17(13)28/h7-8,11-12,14-15,18,31H,6,9-10H2,1-5H3,(H2,24,25,26). The first-order valence-corrected chi connectivity index (χ1v) is 13.8. The van der Waals surface area contributed by atoms with Crippen LogP contribution in [0.1, 0.15) is 40.8 Å². The van der Waals surface area contributed by atoms with E-state index in [4.69, 9.17) is 43.0 Å². The monoisotopic (exact) mass is 607 g/mol. The van der Waals surface area contributed by atoms with E-state index in [2.05, 4.69) is 15.0 Å². The number of anilines is 1. The lowest BCUT2D eigenvalue weighted by molar-refractivity contribution is -0.145. The van der Waals surface area contributed by atoms with Gasteiger partial charge in [-0.3, -0.25) is 9.09 Å². The number of aliphatic hydroxyl groups is 1. The third-order valence-corrected chi connectivity index (χ3v) is 7.52. The molecule has 1 aliphatic carbocycles. The molecule has 19 heteroatoms. The number of phosphoric ester groups is 1. The molecule has 0 bridgehead atoms. The average Bonchev–Trinajstić information content (AvgIpc) is 3.14. The zero-order valence-electron chi connectivity index (χ0n) is 22.8. The van der Waals surface area contributed by atoms with Gasteiger partial charge in [-0.25, -0.2) is 42.5 Å². The smallest absolute Gasteiger partial charge is 0.432 e. The van der Waals surface area contributed by atoms with Gasteiger partial charge in [-0.15, -0.1) is 0 Å². The molecule has 2 fully saturated rings. The minimum atomic E-state index is -4.77. The van der Waals surface area contributed by atoms with E-state index in [0.29, 0.717) is 0 Å². The molecule has 2 aromatic heterocycles. The summed E-state index contributed by atoms with van der Waals surface area (Å²) < 4.78 is 69.8. The van der Waals surface area contributed by atoms with Crippen molar-refractivity contribution in [2.24, 2.45) is 5.92 Å². The number of hydrogen-bond donors (Lipinski definition) is 2. The van der Waals surface area contributed by atoms with Crippen LogP contribution in [0.15, 0.2) is 12.7 Å². The zero-order chi connectivity index (χ0) is 30.2. The van der Waals surface area contributed by atoms with Crippen LogP contribution in [0, 0.1) is 5.92 Å². The maximum atomic E-state index is 14.5. The van der Waals surface area contributed by atoms with Crippen LogP contribution in [0.4, 0.5) is 19.8 Å². The van der Waals surface area contributed by atoms with Gasteiger partial charge in [0.25, 0.3) is 0 Å². The second-order valence-corrected chi connectivity index (χ2v) is 11.6. The van der Waals surface area contributed by atoms with E-state index in [-0.39, 0.29) is 17.0 Å². The van der Waals surface area contributed by atoms with Crippen molar-refractivity contribution in [1.29, 1.82) is 0 Å². The highest BCUT2D eigenvalue weighted by atomic mass is 31.2. The first kappa shape index (κ1) is 30.8. The van der Waals surface area contributed by atoms with Crippen molar-refractivity contribution in [2.75, 3.05) is 26.0 Å². The molecule has 0 radical (unpaired) electrons. The molecule has 4 rings (SSSR count). The topological polar surface area (TPSA) is 215 Å². The molecule has 41 heavy (non-hydrogen) atoms. The number of carbonyl (C=O) groups excluding carboxylic acids is 2. The van der Waals surface area contributed by atoms with Crippen molar-refractivity contribution in [3.05, 3.63) is 12.7 Å². The van der Waals surface area contributed by atoms with Gasteiger partial charge in [0.1, 0.15) is 35.8 Å². The first-order valence-electron chi connectivity index (χ1n) is 12.4. The number of imidazole rings is 1. The third-order valence-electron chi connectivity index (χ3n) is 6.19. The van der Waals surface area contributed by atoms with E-state index >= 15 is 0 Å². The predicted octanol–water partition coefficient (Wildman–Crippen LogP) is 2.59. The fourth-order valence-electron chi connectivity index (χ4n) is 4.49. The van der Waals surface area contributed by atoms with Crippen molar-refractivity contribution in [3.8, 4) is 0 Å². The molecule has 3 heterocycles. The number of carbonyl (C=O) groups is 2.